The molecule has 618 valence electrons. The van der Waals surface area contributed by atoms with Gasteiger partial charge in [0.1, 0.15) is 0 Å². The number of aromatic nitrogens is 10. The zero-order chi connectivity index (χ0) is 87.1. The molecule has 0 radical (unpaired) electrons. The number of hydrogen-bond donors (Lipinski definition) is 0. The number of fused-ring (bicyclic) bond motifs is 21. The minimum Gasteiger partial charge on any atom is -0.308 e. The molecular formula is C119H74N10S3. The fourth-order valence-electron chi connectivity index (χ4n) is 18.9. The monoisotopic (exact) mass is 1740 g/mol. The SMILES string of the molecule is c1ccc(-c2cc(-c3ccc(-n4c5ccccc5c5ccc6c7ccccc7sc6c54)cc3)nc(-c3ccccc3)n2)cc1.c1ccc(-c2cc(-c3ccccc3)nc(-c3ccc(-n4c5ccccc5c5ccc6c7ccccc7sc6c54)cc3)n2)cc1.c1ccc(-c2nc(-c3ccccc3)nc(-c3ccc(-n4c5ccccc5c5ccc6c7ccccc7sc6c54)cc3)n2)cc1. The molecule has 27 rings (SSSR count). The van der Waals surface area contributed by atoms with Crippen LogP contribution in [0.4, 0.5) is 0 Å². The van der Waals surface area contributed by atoms with E-state index in [9.17, 15) is 0 Å². The van der Waals surface area contributed by atoms with Crippen molar-refractivity contribution in [2.24, 2.45) is 0 Å². The molecule has 0 unspecified atom stereocenters. The fourth-order valence-corrected chi connectivity index (χ4v) is 22.6. The van der Waals surface area contributed by atoms with Gasteiger partial charge in [-0.05, 0) is 109 Å². The van der Waals surface area contributed by atoms with Gasteiger partial charge < -0.3 is 13.7 Å². The maximum Gasteiger partial charge on any atom is 0.164 e. The molecule has 13 heteroatoms. The average molecular weight is 1740 g/mol. The molecule has 18 aromatic carbocycles. The molecule has 0 saturated carbocycles. The van der Waals surface area contributed by atoms with Crippen molar-refractivity contribution in [3.63, 3.8) is 0 Å². The second kappa shape index (κ2) is 32.8. The van der Waals surface area contributed by atoms with Crippen molar-refractivity contribution >= 4 is 160 Å². The summed E-state index contributed by atoms with van der Waals surface area (Å²) in [6.07, 6.45) is 0. The van der Waals surface area contributed by atoms with Crippen molar-refractivity contribution in [3.8, 4) is 119 Å². The van der Waals surface area contributed by atoms with Crippen molar-refractivity contribution in [1.82, 2.24) is 48.6 Å². The lowest BCUT2D eigenvalue weighted by atomic mass is 10.1. The topological polar surface area (TPSA) is 105 Å². The van der Waals surface area contributed by atoms with Crippen LogP contribution in [0.5, 0.6) is 0 Å². The number of thiophene rings is 3. The van der Waals surface area contributed by atoms with Crippen molar-refractivity contribution in [1.29, 1.82) is 0 Å². The van der Waals surface area contributed by atoms with Crippen molar-refractivity contribution in [3.05, 3.63) is 449 Å². The summed E-state index contributed by atoms with van der Waals surface area (Å²) >= 11 is 5.62. The third-order valence-corrected chi connectivity index (χ3v) is 28.7. The first-order chi connectivity index (χ1) is 65.4. The minimum absolute atomic E-state index is 0.651. The highest BCUT2D eigenvalue weighted by molar-refractivity contribution is 7.27. The van der Waals surface area contributed by atoms with E-state index in [2.05, 4.69) is 329 Å². The molecule has 0 N–H and O–H groups in total. The average Bonchev–Trinajstić information content (AvgIpc) is 1.57. The molecule has 10 nitrogen and oxygen atoms in total. The van der Waals surface area contributed by atoms with Gasteiger partial charge in [0.2, 0.25) is 0 Å². The second-order valence-electron chi connectivity index (χ2n) is 32.9. The lowest BCUT2D eigenvalue weighted by Gasteiger charge is -2.12. The van der Waals surface area contributed by atoms with Gasteiger partial charge in [0.05, 0.1) is 70.0 Å². The summed E-state index contributed by atoms with van der Waals surface area (Å²) in [4.78, 5) is 34.8. The maximum absolute atomic E-state index is 5.04. The normalized spacial score (nSPS) is 11.6. The Labute approximate surface area is 770 Å². The summed E-state index contributed by atoms with van der Waals surface area (Å²) in [5.41, 5.74) is 23.5. The lowest BCUT2D eigenvalue weighted by Crippen LogP contribution is -2.00. The largest absolute Gasteiger partial charge is 0.308 e. The molecule has 9 heterocycles. The fraction of sp³-hybridized carbons (Fsp3) is 0. The van der Waals surface area contributed by atoms with Crippen LogP contribution in [0.1, 0.15) is 0 Å². The molecule has 132 heavy (non-hydrogen) atoms. The highest BCUT2D eigenvalue weighted by Crippen LogP contribution is 2.48. The van der Waals surface area contributed by atoms with Crippen molar-refractivity contribution < 1.29 is 0 Å². The van der Waals surface area contributed by atoms with Crippen LogP contribution < -0.4 is 0 Å². The van der Waals surface area contributed by atoms with Crippen LogP contribution in [0, 0.1) is 0 Å². The Morgan fingerprint density at radius 3 is 0.636 bits per heavy atom. The van der Waals surface area contributed by atoms with Gasteiger partial charge in [-0.2, -0.15) is 0 Å². The van der Waals surface area contributed by atoms with E-state index in [-0.39, 0.29) is 0 Å². The van der Waals surface area contributed by atoms with E-state index in [1.807, 2.05) is 167 Å². The Morgan fingerprint density at radius 1 is 0.152 bits per heavy atom. The van der Waals surface area contributed by atoms with Gasteiger partial charge in [-0.1, -0.05) is 340 Å². The standard InChI is InChI=1S/2C40H25N3S.C39H24N4S/c1-3-11-26(12-4-1)34-25-35(42-40(41-34)28-13-5-2-6-14-28)27-19-21-29(22-20-27)43-36-17-9-7-15-30(36)32-23-24-33-31-16-8-10-18-37(31)44-39(33)38(32)43;1-3-11-26(12-4-1)34-25-35(27-13-5-2-6-14-27)42-40(41-34)28-19-21-29(22-20-28)43-36-17-9-7-15-30(36)32-23-24-33-31-16-8-10-18-37(31)44-39(33)38(32)43;1-3-11-25(12-4-1)37-40-38(26-13-5-2-6-14-26)42-39(41-37)27-19-21-28(22-20-27)43-33-17-9-7-15-29(33)31-23-24-32-30-16-8-10-18-34(30)44-36(32)35(31)43/h2*1-25H;1-24H. The van der Waals surface area contributed by atoms with Crippen molar-refractivity contribution in [2.45, 2.75) is 0 Å². The summed E-state index contributed by atoms with van der Waals surface area (Å²) in [5.74, 6) is 3.41. The zero-order valence-corrected chi connectivity index (χ0v) is 73.4. The van der Waals surface area contributed by atoms with E-state index in [4.69, 9.17) is 34.9 Å². The van der Waals surface area contributed by atoms with Crippen LogP contribution in [0.15, 0.2) is 449 Å². The van der Waals surface area contributed by atoms with Gasteiger partial charge in [0, 0.05) is 146 Å². The molecule has 0 atom stereocenters. The number of benzene rings is 18. The molecule has 0 aliphatic rings. The van der Waals surface area contributed by atoms with E-state index < -0.39 is 0 Å². The summed E-state index contributed by atoms with van der Waals surface area (Å²) in [6, 6.07) is 158. The van der Waals surface area contributed by atoms with Gasteiger partial charge in [-0.3, -0.25) is 0 Å². The van der Waals surface area contributed by atoms with Gasteiger partial charge in [-0.15, -0.1) is 34.0 Å². The number of rotatable bonds is 12. The molecule has 0 fully saturated rings. The molecule has 0 saturated heterocycles. The first kappa shape index (κ1) is 77.5. The van der Waals surface area contributed by atoms with E-state index in [0.717, 1.165) is 95.7 Å². The van der Waals surface area contributed by atoms with E-state index in [0.29, 0.717) is 23.3 Å². The van der Waals surface area contributed by atoms with Gasteiger partial charge in [-0.25, -0.2) is 34.9 Å². The Hall–Kier alpha value is -16.8. The quantitative estimate of drug-likeness (QED) is 0.120. The lowest BCUT2D eigenvalue weighted by molar-refractivity contribution is 1.07. The van der Waals surface area contributed by atoms with Crippen LogP contribution in [0.2, 0.25) is 0 Å². The number of hydrogen-bond acceptors (Lipinski definition) is 10. The second-order valence-corrected chi connectivity index (χ2v) is 36.1. The predicted octanol–water partition coefficient (Wildman–Crippen LogP) is 32.2. The number of nitrogens with zero attached hydrogens (tertiary/aromatic N) is 10. The molecule has 27 aromatic rings. The third-order valence-electron chi connectivity index (χ3n) is 25.1. The summed E-state index contributed by atoms with van der Waals surface area (Å²) < 4.78 is 15.1. The van der Waals surface area contributed by atoms with E-state index >= 15 is 0 Å². The Kier molecular flexibility index (Phi) is 19.3. The minimum atomic E-state index is 0.651. The smallest absolute Gasteiger partial charge is 0.164 e. The summed E-state index contributed by atoms with van der Waals surface area (Å²) in [5, 5.41) is 15.4. The molecular weight excluding hydrogens is 1670 g/mol. The first-order valence-electron chi connectivity index (χ1n) is 44.1. The molecule has 9 aromatic heterocycles. The zero-order valence-electron chi connectivity index (χ0n) is 70.9. The van der Waals surface area contributed by atoms with Gasteiger partial charge >= 0.3 is 0 Å². The Balaban J connectivity index is 0.000000106. The molecule has 0 spiro atoms. The van der Waals surface area contributed by atoms with E-state index in [1.54, 1.807) is 0 Å². The first-order valence-corrected chi connectivity index (χ1v) is 46.6. The highest BCUT2D eigenvalue weighted by Gasteiger charge is 2.25. The summed E-state index contributed by atoms with van der Waals surface area (Å²) in [7, 11) is 0. The summed E-state index contributed by atoms with van der Waals surface area (Å²) in [6.45, 7) is 0. The van der Waals surface area contributed by atoms with Crippen molar-refractivity contribution in [2.75, 3.05) is 0 Å². The van der Waals surface area contributed by atoms with Gasteiger partial charge in [0.15, 0.2) is 29.1 Å². The number of para-hydroxylation sites is 3. The highest BCUT2D eigenvalue weighted by atomic mass is 32.1. The molecule has 0 amide bonds. The Morgan fingerprint density at radius 2 is 0.356 bits per heavy atom. The molecule has 0 aliphatic heterocycles. The van der Waals surface area contributed by atoms with Crippen LogP contribution >= 0.6 is 34.0 Å². The molecule has 0 bridgehead atoms. The molecule has 0 aliphatic carbocycles. The predicted molar refractivity (Wildman–Crippen MR) is 554 cm³/mol. The van der Waals surface area contributed by atoms with Crippen LogP contribution in [-0.2, 0) is 0 Å². The maximum atomic E-state index is 5.04. The van der Waals surface area contributed by atoms with Crippen LogP contribution in [0.25, 0.3) is 245 Å². The Bertz CT molecular complexity index is 8090. The van der Waals surface area contributed by atoms with E-state index in [1.165, 1.54) is 126 Å². The van der Waals surface area contributed by atoms with Crippen LogP contribution in [0.3, 0.4) is 0 Å². The van der Waals surface area contributed by atoms with Crippen LogP contribution in [-0.4, -0.2) is 48.6 Å². The third kappa shape index (κ3) is 13.7. The van der Waals surface area contributed by atoms with Gasteiger partial charge in [0.25, 0.3) is 0 Å².